The highest BCUT2D eigenvalue weighted by atomic mass is 16.4. The first kappa shape index (κ1) is 9.74. The van der Waals surface area contributed by atoms with Crippen LogP contribution in [0.25, 0.3) is 0 Å². The third-order valence-electron chi connectivity index (χ3n) is 1.86. The Hall–Kier alpha value is -1.35. The minimum absolute atomic E-state index is 0.0244. The summed E-state index contributed by atoms with van der Waals surface area (Å²) < 4.78 is 0. The van der Waals surface area contributed by atoms with E-state index in [1.807, 2.05) is 31.2 Å². The van der Waals surface area contributed by atoms with Crippen molar-refractivity contribution >= 4 is 5.97 Å². The summed E-state index contributed by atoms with van der Waals surface area (Å²) in [7, 11) is 0. The Balaban J connectivity index is 2.76. The van der Waals surface area contributed by atoms with E-state index in [1.165, 1.54) is 0 Å². The highest BCUT2D eigenvalue weighted by Crippen LogP contribution is 2.14. The molecule has 0 amide bonds. The number of aliphatic carboxylic acids is 1. The summed E-state index contributed by atoms with van der Waals surface area (Å²) in [6.07, 6.45) is -0.0244. The van der Waals surface area contributed by atoms with E-state index in [4.69, 9.17) is 10.8 Å². The Bertz CT molecular complexity index is 310. The molecular weight excluding hydrogens is 166 g/mol. The molecule has 3 N–H and O–H groups in total. The van der Waals surface area contributed by atoms with E-state index in [2.05, 4.69) is 0 Å². The lowest BCUT2D eigenvalue weighted by Crippen LogP contribution is -2.14. The van der Waals surface area contributed by atoms with Gasteiger partial charge in [0.1, 0.15) is 0 Å². The standard InChI is InChI=1S/C10H13NO2/c1-7-3-2-4-8(5-7)9(11)6-10(12)13/h2-5,9H,6,11H2,1H3,(H,12,13)/t9-/m1/s1. The molecule has 1 atom stereocenters. The minimum atomic E-state index is -0.867. The van der Waals surface area contributed by atoms with Crippen molar-refractivity contribution in [3.05, 3.63) is 35.4 Å². The van der Waals surface area contributed by atoms with E-state index >= 15 is 0 Å². The van der Waals surface area contributed by atoms with Crippen LogP contribution in [0.15, 0.2) is 24.3 Å². The van der Waals surface area contributed by atoms with E-state index in [0.29, 0.717) is 0 Å². The molecule has 0 saturated carbocycles. The van der Waals surface area contributed by atoms with Gasteiger partial charge in [-0.3, -0.25) is 4.79 Å². The average molecular weight is 179 g/mol. The maximum atomic E-state index is 10.4. The van der Waals surface area contributed by atoms with E-state index < -0.39 is 12.0 Å². The van der Waals surface area contributed by atoms with Gasteiger partial charge in [-0.15, -0.1) is 0 Å². The van der Waals surface area contributed by atoms with Crippen LogP contribution in [0.3, 0.4) is 0 Å². The number of hydrogen-bond acceptors (Lipinski definition) is 2. The molecule has 0 heterocycles. The van der Waals surface area contributed by atoms with E-state index in [9.17, 15) is 4.79 Å². The molecule has 0 aliphatic rings. The van der Waals surface area contributed by atoms with Crippen LogP contribution in [0.5, 0.6) is 0 Å². The van der Waals surface area contributed by atoms with E-state index in [-0.39, 0.29) is 6.42 Å². The SMILES string of the molecule is Cc1cccc([C@H](N)CC(=O)O)c1. The van der Waals surface area contributed by atoms with Gasteiger partial charge in [0.05, 0.1) is 6.42 Å². The lowest BCUT2D eigenvalue weighted by molar-refractivity contribution is -0.137. The Kier molecular flexibility index (Phi) is 3.03. The fourth-order valence-corrected chi connectivity index (χ4v) is 1.21. The second kappa shape index (κ2) is 4.05. The third kappa shape index (κ3) is 2.87. The molecule has 1 aromatic rings. The van der Waals surface area contributed by atoms with Crippen LogP contribution in [0.1, 0.15) is 23.6 Å². The quantitative estimate of drug-likeness (QED) is 0.738. The van der Waals surface area contributed by atoms with Crippen LogP contribution in [0.4, 0.5) is 0 Å². The second-order valence-corrected chi connectivity index (χ2v) is 3.12. The number of carboxylic acids is 1. The van der Waals surface area contributed by atoms with Gasteiger partial charge in [0.2, 0.25) is 0 Å². The highest BCUT2D eigenvalue weighted by molar-refractivity contribution is 5.67. The van der Waals surface area contributed by atoms with E-state index in [0.717, 1.165) is 11.1 Å². The van der Waals surface area contributed by atoms with Gasteiger partial charge in [0.25, 0.3) is 0 Å². The normalized spacial score (nSPS) is 12.5. The van der Waals surface area contributed by atoms with Crippen LogP contribution in [0.2, 0.25) is 0 Å². The monoisotopic (exact) mass is 179 g/mol. The van der Waals surface area contributed by atoms with Gasteiger partial charge in [-0.2, -0.15) is 0 Å². The van der Waals surface area contributed by atoms with Crippen molar-refractivity contribution in [3.63, 3.8) is 0 Å². The number of carbonyl (C=O) groups is 1. The molecule has 0 aliphatic heterocycles. The minimum Gasteiger partial charge on any atom is -0.481 e. The number of rotatable bonds is 3. The van der Waals surface area contributed by atoms with Gasteiger partial charge in [-0.1, -0.05) is 29.8 Å². The average Bonchev–Trinajstić information content (AvgIpc) is 2.03. The topological polar surface area (TPSA) is 63.3 Å². The molecule has 70 valence electrons. The zero-order valence-electron chi connectivity index (χ0n) is 7.53. The van der Waals surface area contributed by atoms with Crippen molar-refractivity contribution in [3.8, 4) is 0 Å². The first-order valence-corrected chi connectivity index (χ1v) is 4.13. The number of aryl methyl sites for hydroxylation is 1. The zero-order valence-corrected chi connectivity index (χ0v) is 7.53. The van der Waals surface area contributed by atoms with Gasteiger partial charge >= 0.3 is 5.97 Å². The van der Waals surface area contributed by atoms with Crippen LogP contribution in [-0.2, 0) is 4.79 Å². The highest BCUT2D eigenvalue weighted by Gasteiger charge is 2.09. The summed E-state index contributed by atoms with van der Waals surface area (Å²) >= 11 is 0. The summed E-state index contributed by atoms with van der Waals surface area (Å²) in [6, 6.07) is 7.19. The van der Waals surface area contributed by atoms with Crippen molar-refractivity contribution in [2.24, 2.45) is 5.73 Å². The summed E-state index contributed by atoms with van der Waals surface area (Å²) in [6.45, 7) is 1.96. The largest absolute Gasteiger partial charge is 0.481 e. The van der Waals surface area contributed by atoms with Gasteiger partial charge in [0.15, 0.2) is 0 Å². The van der Waals surface area contributed by atoms with Crippen LogP contribution in [0, 0.1) is 6.92 Å². The molecule has 1 aromatic carbocycles. The molecule has 0 bridgehead atoms. The summed E-state index contributed by atoms with van der Waals surface area (Å²) in [5.74, 6) is -0.867. The van der Waals surface area contributed by atoms with Crippen molar-refractivity contribution in [1.29, 1.82) is 0 Å². The molecule has 0 spiro atoms. The van der Waals surface area contributed by atoms with Gasteiger partial charge in [0, 0.05) is 6.04 Å². The lowest BCUT2D eigenvalue weighted by atomic mass is 10.0. The summed E-state index contributed by atoms with van der Waals surface area (Å²) in [5.41, 5.74) is 7.66. The Morgan fingerprint density at radius 2 is 2.31 bits per heavy atom. The number of hydrogen-bond donors (Lipinski definition) is 2. The molecule has 0 fully saturated rings. The molecule has 0 radical (unpaired) electrons. The molecule has 0 unspecified atom stereocenters. The van der Waals surface area contributed by atoms with Crippen molar-refractivity contribution < 1.29 is 9.90 Å². The van der Waals surface area contributed by atoms with Crippen molar-refractivity contribution in [2.75, 3.05) is 0 Å². The number of benzene rings is 1. The summed E-state index contributed by atoms with van der Waals surface area (Å²) in [5, 5.41) is 8.53. The molecule has 3 heteroatoms. The predicted molar refractivity (Wildman–Crippen MR) is 50.4 cm³/mol. The summed E-state index contributed by atoms with van der Waals surface area (Å²) in [4.78, 5) is 10.4. The maximum absolute atomic E-state index is 10.4. The van der Waals surface area contributed by atoms with Gasteiger partial charge in [-0.25, -0.2) is 0 Å². The first-order valence-electron chi connectivity index (χ1n) is 4.13. The molecule has 13 heavy (non-hydrogen) atoms. The van der Waals surface area contributed by atoms with Crippen molar-refractivity contribution in [2.45, 2.75) is 19.4 Å². The number of nitrogens with two attached hydrogens (primary N) is 1. The fraction of sp³-hybridized carbons (Fsp3) is 0.300. The Morgan fingerprint density at radius 3 is 2.85 bits per heavy atom. The van der Waals surface area contributed by atoms with Gasteiger partial charge in [-0.05, 0) is 12.5 Å². The maximum Gasteiger partial charge on any atom is 0.305 e. The Morgan fingerprint density at radius 1 is 1.62 bits per heavy atom. The first-order chi connectivity index (χ1) is 6.09. The fourth-order valence-electron chi connectivity index (χ4n) is 1.21. The molecule has 0 saturated heterocycles. The molecule has 0 aliphatic carbocycles. The smallest absolute Gasteiger partial charge is 0.305 e. The van der Waals surface area contributed by atoms with Crippen LogP contribution < -0.4 is 5.73 Å². The molecule has 0 aromatic heterocycles. The van der Waals surface area contributed by atoms with Crippen molar-refractivity contribution in [1.82, 2.24) is 0 Å². The third-order valence-corrected chi connectivity index (χ3v) is 1.86. The lowest BCUT2D eigenvalue weighted by Gasteiger charge is -2.09. The van der Waals surface area contributed by atoms with Crippen LogP contribution in [-0.4, -0.2) is 11.1 Å². The van der Waals surface area contributed by atoms with E-state index in [1.54, 1.807) is 0 Å². The Labute approximate surface area is 77.2 Å². The van der Waals surface area contributed by atoms with Crippen LogP contribution >= 0.6 is 0 Å². The predicted octanol–water partition coefficient (Wildman–Crippen LogP) is 1.47. The molecule has 3 nitrogen and oxygen atoms in total. The number of carboxylic acid groups (broad SMARTS) is 1. The zero-order chi connectivity index (χ0) is 9.84. The molecule has 1 rings (SSSR count). The molecular formula is C10H13NO2. The second-order valence-electron chi connectivity index (χ2n) is 3.12. The van der Waals surface area contributed by atoms with Gasteiger partial charge < -0.3 is 10.8 Å².